The van der Waals surface area contributed by atoms with Gasteiger partial charge < -0.3 is 0 Å². The predicted molar refractivity (Wildman–Crippen MR) is 52.5 cm³/mol. The van der Waals surface area contributed by atoms with Crippen molar-refractivity contribution in [2.45, 2.75) is 38.8 Å². The van der Waals surface area contributed by atoms with Gasteiger partial charge in [-0.05, 0) is 25.7 Å². The minimum absolute atomic E-state index is 0.0240. The first-order valence-electron chi connectivity index (χ1n) is 4.50. The SMILES string of the molecule is CC(=O)SCCC(F)CCCCF. The number of carbonyl (C=O) groups excluding carboxylic acids is 1. The Labute approximate surface area is 82.3 Å². The van der Waals surface area contributed by atoms with Crippen LogP contribution in [0.5, 0.6) is 0 Å². The van der Waals surface area contributed by atoms with Crippen molar-refractivity contribution in [3.63, 3.8) is 0 Å². The molecule has 1 atom stereocenters. The molecule has 0 aromatic heterocycles. The van der Waals surface area contributed by atoms with Crippen LogP contribution in [-0.2, 0) is 4.79 Å². The van der Waals surface area contributed by atoms with Gasteiger partial charge in [0.2, 0.25) is 0 Å². The number of rotatable bonds is 7. The number of hydrogen-bond acceptors (Lipinski definition) is 2. The van der Waals surface area contributed by atoms with Crippen LogP contribution >= 0.6 is 11.8 Å². The average Bonchev–Trinajstić information content (AvgIpc) is 2.04. The van der Waals surface area contributed by atoms with Gasteiger partial charge in [-0.15, -0.1) is 0 Å². The number of thioether (sulfide) groups is 1. The van der Waals surface area contributed by atoms with Gasteiger partial charge in [-0.2, -0.15) is 0 Å². The lowest BCUT2D eigenvalue weighted by molar-refractivity contribution is -0.109. The molecule has 0 aliphatic carbocycles. The highest BCUT2D eigenvalue weighted by molar-refractivity contribution is 8.13. The molecule has 0 radical (unpaired) electrons. The molecule has 1 unspecified atom stereocenters. The third kappa shape index (κ3) is 9.80. The summed E-state index contributed by atoms with van der Waals surface area (Å²) in [5.41, 5.74) is 0. The van der Waals surface area contributed by atoms with Gasteiger partial charge in [-0.25, -0.2) is 4.39 Å². The molecule has 78 valence electrons. The van der Waals surface area contributed by atoms with Crippen molar-refractivity contribution < 1.29 is 13.6 Å². The van der Waals surface area contributed by atoms with Crippen LogP contribution in [0.15, 0.2) is 0 Å². The summed E-state index contributed by atoms with van der Waals surface area (Å²) in [5, 5.41) is 0.0240. The van der Waals surface area contributed by atoms with Crippen LogP contribution in [-0.4, -0.2) is 23.7 Å². The number of unbranched alkanes of at least 4 members (excludes halogenated alkanes) is 1. The summed E-state index contributed by atoms with van der Waals surface area (Å²) in [6.07, 6.45) is 0.986. The molecule has 0 rings (SSSR count). The van der Waals surface area contributed by atoms with E-state index in [0.717, 1.165) is 11.8 Å². The molecule has 0 aromatic rings. The summed E-state index contributed by atoms with van der Waals surface area (Å²) in [6.45, 7) is 1.11. The van der Waals surface area contributed by atoms with Gasteiger partial charge in [-0.1, -0.05) is 11.8 Å². The van der Waals surface area contributed by atoms with Crippen LogP contribution in [0.25, 0.3) is 0 Å². The third-order valence-corrected chi connectivity index (χ3v) is 2.48. The Morgan fingerprint density at radius 2 is 2.08 bits per heavy atom. The molecule has 0 spiro atoms. The van der Waals surface area contributed by atoms with E-state index in [1.807, 2.05) is 0 Å². The standard InChI is InChI=1S/C9H16F2OS/c1-8(12)13-7-5-9(11)4-2-3-6-10/h9H,2-7H2,1H3. The Hall–Kier alpha value is -0.120. The molecular formula is C9H16F2OS. The fourth-order valence-corrected chi connectivity index (χ4v) is 1.60. The van der Waals surface area contributed by atoms with Crippen molar-refractivity contribution in [2.75, 3.05) is 12.4 Å². The fourth-order valence-electron chi connectivity index (χ4n) is 0.935. The monoisotopic (exact) mass is 210 g/mol. The van der Waals surface area contributed by atoms with Crippen molar-refractivity contribution in [1.29, 1.82) is 0 Å². The lowest BCUT2D eigenvalue weighted by Gasteiger charge is -2.05. The quantitative estimate of drug-likeness (QED) is 0.600. The molecule has 0 aliphatic rings. The van der Waals surface area contributed by atoms with E-state index in [9.17, 15) is 13.6 Å². The number of alkyl halides is 2. The molecule has 4 heteroatoms. The summed E-state index contributed by atoms with van der Waals surface area (Å²) in [7, 11) is 0. The molecule has 0 bridgehead atoms. The van der Waals surface area contributed by atoms with Crippen LogP contribution in [0, 0.1) is 0 Å². The van der Waals surface area contributed by atoms with Crippen molar-refractivity contribution in [3.05, 3.63) is 0 Å². The van der Waals surface area contributed by atoms with Gasteiger partial charge in [-0.3, -0.25) is 9.18 Å². The van der Waals surface area contributed by atoms with Crippen molar-refractivity contribution in [1.82, 2.24) is 0 Å². The van der Waals surface area contributed by atoms with Crippen molar-refractivity contribution in [3.8, 4) is 0 Å². The first-order valence-corrected chi connectivity index (χ1v) is 5.48. The van der Waals surface area contributed by atoms with Gasteiger partial charge in [0.25, 0.3) is 0 Å². The Bertz CT molecular complexity index is 142. The minimum Gasteiger partial charge on any atom is -0.288 e. The molecule has 0 aromatic carbocycles. The number of carbonyl (C=O) groups is 1. The van der Waals surface area contributed by atoms with Crippen molar-refractivity contribution in [2.24, 2.45) is 0 Å². The number of hydrogen-bond donors (Lipinski definition) is 0. The van der Waals surface area contributed by atoms with E-state index < -0.39 is 6.17 Å². The first-order chi connectivity index (χ1) is 6.16. The Morgan fingerprint density at radius 3 is 2.62 bits per heavy atom. The van der Waals surface area contributed by atoms with Crippen LogP contribution < -0.4 is 0 Å². The molecule has 13 heavy (non-hydrogen) atoms. The zero-order valence-electron chi connectivity index (χ0n) is 7.89. The maximum atomic E-state index is 12.9. The maximum absolute atomic E-state index is 12.9. The summed E-state index contributed by atoms with van der Waals surface area (Å²) in [5.74, 6) is 0.534. The zero-order chi connectivity index (χ0) is 10.1. The summed E-state index contributed by atoms with van der Waals surface area (Å²) >= 11 is 1.15. The Balaban J connectivity index is 3.19. The average molecular weight is 210 g/mol. The summed E-state index contributed by atoms with van der Waals surface area (Å²) < 4.78 is 24.6. The van der Waals surface area contributed by atoms with Gasteiger partial charge in [0.1, 0.15) is 6.17 Å². The Kier molecular flexibility index (Phi) is 8.40. The first kappa shape index (κ1) is 12.9. The van der Waals surface area contributed by atoms with E-state index in [-0.39, 0.29) is 11.8 Å². The summed E-state index contributed by atoms with van der Waals surface area (Å²) in [6, 6.07) is 0. The normalized spacial score (nSPS) is 12.8. The molecule has 0 amide bonds. The fraction of sp³-hybridized carbons (Fsp3) is 0.889. The predicted octanol–water partition coefficient (Wildman–Crippen LogP) is 3.13. The van der Waals surface area contributed by atoms with Crippen LogP contribution in [0.2, 0.25) is 0 Å². The van der Waals surface area contributed by atoms with Gasteiger partial charge in [0.05, 0.1) is 6.67 Å². The van der Waals surface area contributed by atoms with Crippen molar-refractivity contribution >= 4 is 16.9 Å². The Morgan fingerprint density at radius 1 is 1.38 bits per heavy atom. The minimum atomic E-state index is -0.876. The van der Waals surface area contributed by atoms with E-state index in [1.165, 1.54) is 6.92 Å². The van der Waals surface area contributed by atoms with E-state index in [2.05, 4.69) is 0 Å². The molecular weight excluding hydrogens is 194 g/mol. The largest absolute Gasteiger partial charge is 0.288 e. The van der Waals surface area contributed by atoms with Gasteiger partial charge >= 0.3 is 0 Å². The van der Waals surface area contributed by atoms with Crippen LogP contribution in [0.3, 0.4) is 0 Å². The topological polar surface area (TPSA) is 17.1 Å². The van der Waals surface area contributed by atoms with Gasteiger partial charge in [0.15, 0.2) is 5.12 Å². The lowest BCUT2D eigenvalue weighted by Crippen LogP contribution is -2.02. The second-order valence-corrected chi connectivity index (χ2v) is 4.18. The van der Waals surface area contributed by atoms with Crippen LogP contribution in [0.1, 0.15) is 32.6 Å². The summed E-state index contributed by atoms with van der Waals surface area (Å²) in [4.78, 5) is 10.5. The van der Waals surface area contributed by atoms with E-state index in [4.69, 9.17) is 0 Å². The second-order valence-electron chi connectivity index (χ2n) is 2.91. The van der Waals surface area contributed by atoms with E-state index >= 15 is 0 Å². The molecule has 0 heterocycles. The molecule has 0 aliphatic heterocycles. The highest BCUT2D eigenvalue weighted by Gasteiger charge is 2.06. The smallest absolute Gasteiger partial charge is 0.185 e. The zero-order valence-corrected chi connectivity index (χ0v) is 8.71. The lowest BCUT2D eigenvalue weighted by atomic mass is 10.1. The molecule has 0 N–H and O–H groups in total. The molecule has 1 nitrogen and oxygen atoms in total. The third-order valence-electron chi connectivity index (χ3n) is 1.64. The maximum Gasteiger partial charge on any atom is 0.185 e. The van der Waals surface area contributed by atoms with Gasteiger partial charge in [0, 0.05) is 12.7 Å². The molecule has 0 fully saturated rings. The van der Waals surface area contributed by atoms with E-state index in [0.29, 0.717) is 31.4 Å². The number of halogens is 2. The molecule has 0 saturated carbocycles. The highest BCUT2D eigenvalue weighted by atomic mass is 32.2. The molecule has 0 saturated heterocycles. The van der Waals surface area contributed by atoms with E-state index in [1.54, 1.807) is 0 Å². The van der Waals surface area contributed by atoms with Crippen LogP contribution in [0.4, 0.5) is 8.78 Å². The highest BCUT2D eigenvalue weighted by Crippen LogP contribution is 2.13. The second kappa shape index (κ2) is 8.48.